The summed E-state index contributed by atoms with van der Waals surface area (Å²) in [4.78, 5) is 26.9. The molecule has 0 bridgehead atoms. The van der Waals surface area contributed by atoms with Crippen molar-refractivity contribution in [3.63, 3.8) is 0 Å². The van der Waals surface area contributed by atoms with Crippen LogP contribution in [-0.2, 0) is 27.3 Å². The molecule has 2 atom stereocenters. The van der Waals surface area contributed by atoms with E-state index < -0.39 is 6.04 Å². The van der Waals surface area contributed by atoms with E-state index in [1.807, 2.05) is 66.4 Å². The van der Waals surface area contributed by atoms with Crippen molar-refractivity contribution in [2.24, 2.45) is 0 Å². The molecule has 6 nitrogen and oxygen atoms in total. The Hall–Kier alpha value is -3.12. The van der Waals surface area contributed by atoms with Crippen molar-refractivity contribution in [1.29, 1.82) is 0 Å². The Morgan fingerprint density at radius 1 is 1.17 bits per heavy atom. The standard InChI is InChI=1S/C23H24N2O4/c1-15(21-12-17-8-5-6-10-20(17)29-21)24-22(26)14-25-13-18-9-4-3-7-16(18)11-19(25)23(27)28-2/h3-10,12,15,19H,11,13-14H2,1-2H3,(H,24,26)/t15-,19+/m0/s1. The number of para-hydroxylation sites is 1. The quantitative estimate of drug-likeness (QED) is 0.675. The number of ether oxygens (including phenoxy) is 1. The van der Waals surface area contributed by atoms with Crippen LogP contribution in [0.15, 0.2) is 59.0 Å². The molecule has 6 heteroatoms. The number of nitrogens with zero attached hydrogens (tertiary/aromatic N) is 1. The van der Waals surface area contributed by atoms with Crippen LogP contribution >= 0.6 is 0 Å². The molecule has 3 aromatic rings. The van der Waals surface area contributed by atoms with Gasteiger partial charge in [0.25, 0.3) is 0 Å². The normalized spacial score (nSPS) is 17.5. The van der Waals surface area contributed by atoms with Crippen LogP contribution < -0.4 is 5.32 Å². The third-order valence-corrected chi connectivity index (χ3v) is 5.41. The van der Waals surface area contributed by atoms with Crippen molar-refractivity contribution in [2.45, 2.75) is 32.0 Å². The molecule has 1 aromatic heterocycles. The topological polar surface area (TPSA) is 71.8 Å². The Morgan fingerprint density at radius 3 is 2.66 bits per heavy atom. The van der Waals surface area contributed by atoms with Gasteiger partial charge in [-0.3, -0.25) is 14.5 Å². The van der Waals surface area contributed by atoms with Crippen molar-refractivity contribution in [1.82, 2.24) is 10.2 Å². The molecule has 1 N–H and O–H groups in total. The van der Waals surface area contributed by atoms with Crippen LogP contribution in [0.3, 0.4) is 0 Å². The van der Waals surface area contributed by atoms with E-state index in [9.17, 15) is 9.59 Å². The lowest BCUT2D eigenvalue weighted by atomic mass is 9.94. The Balaban J connectivity index is 1.46. The molecule has 0 aliphatic carbocycles. The largest absolute Gasteiger partial charge is 0.468 e. The van der Waals surface area contributed by atoms with E-state index in [0.29, 0.717) is 18.7 Å². The molecule has 0 fully saturated rings. The van der Waals surface area contributed by atoms with Gasteiger partial charge in [0.15, 0.2) is 0 Å². The first-order chi connectivity index (χ1) is 14.0. The fourth-order valence-corrected chi connectivity index (χ4v) is 3.87. The lowest BCUT2D eigenvalue weighted by Crippen LogP contribution is -2.50. The molecule has 0 radical (unpaired) electrons. The molecule has 1 aliphatic heterocycles. The van der Waals surface area contributed by atoms with Crippen LogP contribution in [0.4, 0.5) is 0 Å². The number of amides is 1. The summed E-state index contributed by atoms with van der Waals surface area (Å²) < 4.78 is 10.8. The van der Waals surface area contributed by atoms with E-state index in [2.05, 4.69) is 5.32 Å². The predicted octanol–water partition coefficient (Wildman–Crippen LogP) is 3.21. The maximum atomic E-state index is 12.7. The molecule has 0 unspecified atom stereocenters. The molecule has 0 saturated carbocycles. The second kappa shape index (κ2) is 8.09. The smallest absolute Gasteiger partial charge is 0.323 e. The number of esters is 1. The molecular weight excluding hydrogens is 368 g/mol. The highest BCUT2D eigenvalue weighted by Crippen LogP contribution is 2.25. The third-order valence-electron chi connectivity index (χ3n) is 5.41. The molecule has 0 saturated heterocycles. The van der Waals surface area contributed by atoms with Gasteiger partial charge in [-0.15, -0.1) is 0 Å². The summed E-state index contributed by atoms with van der Waals surface area (Å²) in [5.41, 5.74) is 3.04. The van der Waals surface area contributed by atoms with Gasteiger partial charge in [0.1, 0.15) is 17.4 Å². The number of carbonyl (C=O) groups is 2. The zero-order valence-corrected chi connectivity index (χ0v) is 16.6. The third kappa shape index (κ3) is 4.03. The molecule has 2 heterocycles. The van der Waals surface area contributed by atoms with Gasteiger partial charge < -0.3 is 14.5 Å². The van der Waals surface area contributed by atoms with E-state index in [1.54, 1.807) is 0 Å². The number of hydrogen-bond acceptors (Lipinski definition) is 5. The number of carbonyl (C=O) groups excluding carboxylic acids is 2. The van der Waals surface area contributed by atoms with E-state index >= 15 is 0 Å². The lowest BCUT2D eigenvalue weighted by molar-refractivity contribution is -0.148. The van der Waals surface area contributed by atoms with Crippen LogP contribution in [0.25, 0.3) is 11.0 Å². The van der Waals surface area contributed by atoms with Gasteiger partial charge in [0.05, 0.1) is 19.7 Å². The van der Waals surface area contributed by atoms with Gasteiger partial charge in [-0.25, -0.2) is 0 Å². The van der Waals surface area contributed by atoms with E-state index in [1.165, 1.54) is 7.11 Å². The summed E-state index contributed by atoms with van der Waals surface area (Å²) in [6.07, 6.45) is 0.537. The van der Waals surface area contributed by atoms with Crippen LogP contribution in [0.2, 0.25) is 0 Å². The Kier molecular flexibility index (Phi) is 5.36. The predicted molar refractivity (Wildman–Crippen MR) is 109 cm³/mol. The van der Waals surface area contributed by atoms with Crippen LogP contribution in [0.1, 0.15) is 29.9 Å². The second-order valence-electron chi connectivity index (χ2n) is 7.39. The molecule has 2 aromatic carbocycles. The Bertz CT molecular complexity index is 1010. The molecule has 1 amide bonds. The molecule has 29 heavy (non-hydrogen) atoms. The number of rotatable bonds is 5. The van der Waals surface area contributed by atoms with E-state index in [4.69, 9.17) is 9.15 Å². The number of furan rings is 1. The van der Waals surface area contributed by atoms with E-state index in [0.717, 1.165) is 22.1 Å². The number of methoxy groups -OCH3 is 1. The first kappa shape index (κ1) is 19.2. The van der Waals surface area contributed by atoms with Crippen LogP contribution in [0.5, 0.6) is 0 Å². The minimum atomic E-state index is -0.470. The van der Waals surface area contributed by atoms with Crippen molar-refractivity contribution in [3.8, 4) is 0 Å². The van der Waals surface area contributed by atoms with E-state index in [-0.39, 0.29) is 24.5 Å². The maximum absolute atomic E-state index is 12.7. The highest BCUT2D eigenvalue weighted by atomic mass is 16.5. The van der Waals surface area contributed by atoms with Gasteiger partial charge in [0, 0.05) is 11.9 Å². The van der Waals surface area contributed by atoms with Gasteiger partial charge >= 0.3 is 5.97 Å². The first-order valence-electron chi connectivity index (χ1n) is 9.71. The molecule has 1 aliphatic rings. The number of nitrogens with one attached hydrogen (secondary N) is 1. The fourth-order valence-electron chi connectivity index (χ4n) is 3.87. The van der Waals surface area contributed by atoms with Crippen molar-refractivity contribution in [3.05, 3.63) is 71.5 Å². The fraction of sp³-hybridized carbons (Fsp3) is 0.304. The summed E-state index contributed by atoms with van der Waals surface area (Å²) in [6, 6.07) is 16.9. The molecule has 4 rings (SSSR count). The van der Waals surface area contributed by atoms with Gasteiger partial charge in [-0.1, -0.05) is 42.5 Å². The minimum absolute atomic E-state index is 0.110. The zero-order chi connectivity index (χ0) is 20.4. The Morgan fingerprint density at radius 2 is 1.90 bits per heavy atom. The summed E-state index contributed by atoms with van der Waals surface area (Å²) >= 11 is 0. The molecule has 150 valence electrons. The average molecular weight is 392 g/mol. The van der Waals surface area contributed by atoms with Gasteiger partial charge in [0.2, 0.25) is 5.91 Å². The van der Waals surface area contributed by atoms with Gasteiger partial charge in [-0.05, 0) is 36.6 Å². The highest BCUT2D eigenvalue weighted by molar-refractivity contribution is 5.82. The van der Waals surface area contributed by atoms with Crippen molar-refractivity contribution >= 4 is 22.8 Å². The molecule has 0 spiro atoms. The highest BCUT2D eigenvalue weighted by Gasteiger charge is 2.33. The zero-order valence-electron chi connectivity index (χ0n) is 16.6. The maximum Gasteiger partial charge on any atom is 0.323 e. The second-order valence-corrected chi connectivity index (χ2v) is 7.39. The SMILES string of the molecule is COC(=O)[C@H]1Cc2ccccc2CN1CC(=O)N[C@@H](C)c1cc2ccccc2o1. The number of fused-ring (bicyclic) bond motifs is 2. The summed E-state index contributed by atoms with van der Waals surface area (Å²) in [5.74, 6) is 0.219. The number of benzene rings is 2. The minimum Gasteiger partial charge on any atom is -0.468 e. The molecular formula is C23H24N2O4. The first-order valence-corrected chi connectivity index (χ1v) is 9.71. The monoisotopic (exact) mass is 392 g/mol. The number of hydrogen-bond donors (Lipinski definition) is 1. The van der Waals surface area contributed by atoms with Crippen LogP contribution in [-0.4, -0.2) is 36.5 Å². The Labute approximate surface area is 169 Å². The van der Waals surface area contributed by atoms with Crippen molar-refractivity contribution in [2.75, 3.05) is 13.7 Å². The average Bonchev–Trinajstić information content (AvgIpc) is 3.17. The summed E-state index contributed by atoms with van der Waals surface area (Å²) in [5, 5.41) is 3.98. The summed E-state index contributed by atoms with van der Waals surface area (Å²) in [6.45, 7) is 2.53. The van der Waals surface area contributed by atoms with Gasteiger partial charge in [-0.2, -0.15) is 0 Å². The van der Waals surface area contributed by atoms with Crippen molar-refractivity contribution < 1.29 is 18.7 Å². The van der Waals surface area contributed by atoms with Crippen LogP contribution in [0, 0.1) is 0 Å². The lowest BCUT2D eigenvalue weighted by Gasteiger charge is -2.34. The summed E-state index contributed by atoms with van der Waals surface area (Å²) in [7, 11) is 1.38.